The first-order valence-corrected chi connectivity index (χ1v) is 8.73. The van der Waals surface area contributed by atoms with E-state index in [-0.39, 0.29) is 36.3 Å². The number of nitrogens with two attached hydrogens (primary N) is 1. The number of hydrogen-bond acceptors (Lipinski definition) is 4. The van der Waals surface area contributed by atoms with Crippen LogP contribution in [0.2, 0.25) is 0 Å². The lowest BCUT2D eigenvalue weighted by molar-refractivity contribution is -0.124. The fraction of sp³-hybridized carbons (Fsp3) is 0.556. The molecule has 146 valence electrons. The van der Waals surface area contributed by atoms with Crippen molar-refractivity contribution in [3.05, 3.63) is 29.8 Å². The van der Waals surface area contributed by atoms with E-state index in [2.05, 4.69) is 16.0 Å². The molecule has 0 aliphatic carbocycles. The van der Waals surface area contributed by atoms with Gasteiger partial charge in [0.15, 0.2) is 0 Å². The van der Waals surface area contributed by atoms with E-state index in [0.29, 0.717) is 25.4 Å². The van der Waals surface area contributed by atoms with Crippen LogP contribution < -0.4 is 21.7 Å². The van der Waals surface area contributed by atoms with Gasteiger partial charge in [0, 0.05) is 31.5 Å². The van der Waals surface area contributed by atoms with Gasteiger partial charge in [-0.1, -0.05) is 12.1 Å². The molecule has 0 radical (unpaired) electrons. The first kappa shape index (κ1) is 22.2. The molecule has 7 nitrogen and oxygen atoms in total. The minimum absolute atomic E-state index is 0. The molecule has 5 N–H and O–H groups in total. The van der Waals surface area contributed by atoms with Crippen LogP contribution >= 0.6 is 12.4 Å². The van der Waals surface area contributed by atoms with Crippen LogP contribution in [0, 0.1) is 5.92 Å². The van der Waals surface area contributed by atoms with Crippen LogP contribution in [0.1, 0.15) is 32.3 Å². The maximum absolute atomic E-state index is 12.2. The molecule has 8 heteroatoms. The molecule has 1 aliphatic heterocycles. The van der Waals surface area contributed by atoms with Crippen molar-refractivity contribution in [2.75, 3.05) is 18.5 Å². The molecule has 3 amide bonds. The van der Waals surface area contributed by atoms with E-state index in [1.54, 1.807) is 12.1 Å². The average Bonchev–Trinajstić information content (AvgIpc) is 2.60. The van der Waals surface area contributed by atoms with E-state index in [9.17, 15) is 9.59 Å². The van der Waals surface area contributed by atoms with Gasteiger partial charge >= 0.3 is 6.03 Å². The van der Waals surface area contributed by atoms with E-state index in [0.717, 1.165) is 18.4 Å². The third-order valence-electron chi connectivity index (χ3n) is 4.17. The van der Waals surface area contributed by atoms with Gasteiger partial charge in [-0.15, -0.1) is 12.4 Å². The number of amides is 3. The summed E-state index contributed by atoms with van der Waals surface area (Å²) in [6.07, 6.45) is 1.65. The van der Waals surface area contributed by atoms with Gasteiger partial charge in [0.1, 0.15) is 0 Å². The van der Waals surface area contributed by atoms with Gasteiger partial charge in [0.05, 0.1) is 6.04 Å². The fourth-order valence-corrected chi connectivity index (χ4v) is 2.73. The molecular weight excluding hydrogens is 356 g/mol. The minimum Gasteiger partial charge on any atom is -0.381 e. The topological polar surface area (TPSA) is 105 Å². The summed E-state index contributed by atoms with van der Waals surface area (Å²) in [6, 6.07) is 6.69. The lowest BCUT2D eigenvalue weighted by atomic mass is 9.92. The summed E-state index contributed by atoms with van der Waals surface area (Å²) >= 11 is 0. The molecule has 1 saturated heterocycles. The Morgan fingerprint density at radius 2 is 1.81 bits per heavy atom. The first-order chi connectivity index (χ1) is 12.0. The molecule has 1 atom stereocenters. The van der Waals surface area contributed by atoms with Gasteiger partial charge in [-0.25, -0.2) is 4.79 Å². The summed E-state index contributed by atoms with van der Waals surface area (Å²) in [5.74, 6) is 0.0465. The molecule has 1 aromatic rings. The van der Waals surface area contributed by atoms with Gasteiger partial charge in [-0.3, -0.25) is 4.79 Å². The second kappa shape index (κ2) is 11.0. The average molecular weight is 385 g/mol. The summed E-state index contributed by atoms with van der Waals surface area (Å²) in [7, 11) is 0. The minimum atomic E-state index is -0.496. The Labute approximate surface area is 160 Å². The van der Waals surface area contributed by atoms with Crippen LogP contribution in [-0.2, 0) is 16.1 Å². The predicted molar refractivity (Wildman–Crippen MR) is 104 cm³/mol. The number of carbonyl (C=O) groups excluding carboxylic acids is 2. The molecule has 0 bridgehead atoms. The van der Waals surface area contributed by atoms with Crippen LogP contribution in [0.5, 0.6) is 0 Å². The fourth-order valence-electron chi connectivity index (χ4n) is 2.73. The van der Waals surface area contributed by atoms with Crippen LogP contribution in [0.15, 0.2) is 24.3 Å². The van der Waals surface area contributed by atoms with Crippen molar-refractivity contribution in [3.63, 3.8) is 0 Å². The molecule has 26 heavy (non-hydrogen) atoms. The molecule has 1 fully saturated rings. The molecule has 1 unspecified atom stereocenters. The van der Waals surface area contributed by atoms with Crippen molar-refractivity contribution >= 4 is 30.0 Å². The summed E-state index contributed by atoms with van der Waals surface area (Å²) in [5, 5.41) is 8.39. The Kier molecular flexibility index (Phi) is 9.40. The Bertz CT molecular complexity index is 574. The largest absolute Gasteiger partial charge is 0.381 e. The molecule has 0 saturated carbocycles. The van der Waals surface area contributed by atoms with Crippen molar-refractivity contribution in [3.8, 4) is 0 Å². The predicted octanol–water partition coefficient (Wildman–Crippen LogP) is 2.01. The number of carbonyl (C=O) groups is 2. The maximum atomic E-state index is 12.2. The molecule has 0 spiro atoms. The Balaban J connectivity index is 0.00000338. The Morgan fingerprint density at radius 1 is 1.19 bits per heavy atom. The number of benzene rings is 1. The van der Waals surface area contributed by atoms with Gasteiger partial charge in [0.2, 0.25) is 5.91 Å². The van der Waals surface area contributed by atoms with Crippen LogP contribution in [0.4, 0.5) is 10.5 Å². The molecule has 0 aromatic heterocycles. The SMILES string of the molecule is CC(C)NC(=O)Nc1ccc(CNC(=O)C(N)C2CCOCC2)cc1.Cl. The lowest BCUT2D eigenvalue weighted by Crippen LogP contribution is -2.46. The molecule has 1 heterocycles. The number of halogens is 1. The van der Waals surface area contributed by atoms with E-state index in [1.807, 2.05) is 26.0 Å². The second-order valence-corrected chi connectivity index (χ2v) is 6.64. The monoisotopic (exact) mass is 384 g/mol. The van der Waals surface area contributed by atoms with Crippen LogP contribution in [-0.4, -0.2) is 37.2 Å². The van der Waals surface area contributed by atoms with Gasteiger partial charge in [-0.2, -0.15) is 0 Å². The first-order valence-electron chi connectivity index (χ1n) is 8.73. The van der Waals surface area contributed by atoms with Crippen LogP contribution in [0.25, 0.3) is 0 Å². The second-order valence-electron chi connectivity index (χ2n) is 6.64. The molecular formula is C18H29ClN4O3. The number of rotatable bonds is 6. The number of hydrogen-bond donors (Lipinski definition) is 4. The Hall–Kier alpha value is -1.83. The third kappa shape index (κ3) is 7.19. The highest BCUT2D eigenvalue weighted by Gasteiger charge is 2.26. The van der Waals surface area contributed by atoms with Crippen LogP contribution in [0.3, 0.4) is 0 Å². The van der Waals surface area contributed by atoms with Crippen molar-refractivity contribution in [2.24, 2.45) is 11.7 Å². The summed E-state index contributed by atoms with van der Waals surface area (Å²) < 4.78 is 5.30. The van der Waals surface area contributed by atoms with Crippen molar-refractivity contribution in [1.82, 2.24) is 10.6 Å². The zero-order valence-electron chi connectivity index (χ0n) is 15.3. The van der Waals surface area contributed by atoms with E-state index in [1.165, 1.54) is 0 Å². The smallest absolute Gasteiger partial charge is 0.319 e. The number of urea groups is 1. The highest BCUT2D eigenvalue weighted by molar-refractivity contribution is 5.89. The van der Waals surface area contributed by atoms with E-state index in [4.69, 9.17) is 10.5 Å². The van der Waals surface area contributed by atoms with Crippen molar-refractivity contribution in [2.45, 2.75) is 45.3 Å². The lowest BCUT2D eigenvalue weighted by Gasteiger charge is -2.26. The van der Waals surface area contributed by atoms with Gasteiger partial charge < -0.3 is 26.4 Å². The van der Waals surface area contributed by atoms with Gasteiger partial charge in [-0.05, 0) is 50.3 Å². The zero-order chi connectivity index (χ0) is 18.2. The number of ether oxygens (including phenoxy) is 1. The molecule has 2 rings (SSSR count). The Morgan fingerprint density at radius 3 is 2.38 bits per heavy atom. The van der Waals surface area contributed by atoms with Gasteiger partial charge in [0.25, 0.3) is 0 Å². The normalized spacial score (nSPS) is 15.7. The quantitative estimate of drug-likeness (QED) is 0.602. The highest BCUT2D eigenvalue weighted by Crippen LogP contribution is 2.17. The van der Waals surface area contributed by atoms with E-state index < -0.39 is 6.04 Å². The number of nitrogens with one attached hydrogen (secondary N) is 3. The summed E-state index contributed by atoms with van der Waals surface area (Å²) in [4.78, 5) is 23.8. The molecule has 1 aromatic carbocycles. The third-order valence-corrected chi connectivity index (χ3v) is 4.17. The zero-order valence-corrected chi connectivity index (χ0v) is 16.1. The summed E-state index contributed by atoms with van der Waals surface area (Å²) in [5.41, 5.74) is 7.70. The number of anilines is 1. The van der Waals surface area contributed by atoms with Crippen molar-refractivity contribution in [1.29, 1.82) is 0 Å². The standard InChI is InChI=1S/C18H28N4O3.ClH/c1-12(2)21-18(24)22-15-5-3-13(4-6-15)11-20-17(23)16(19)14-7-9-25-10-8-14;/h3-6,12,14,16H,7-11,19H2,1-2H3,(H,20,23)(H2,21,22,24);1H. The van der Waals surface area contributed by atoms with E-state index >= 15 is 0 Å². The van der Waals surface area contributed by atoms with Crippen molar-refractivity contribution < 1.29 is 14.3 Å². The molecule has 1 aliphatic rings. The maximum Gasteiger partial charge on any atom is 0.319 e. The highest BCUT2D eigenvalue weighted by atomic mass is 35.5. The summed E-state index contributed by atoms with van der Waals surface area (Å²) in [6.45, 7) is 5.55.